The van der Waals surface area contributed by atoms with E-state index in [1.54, 1.807) is 0 Å². The van der Waals surface area contributed by atoms with Gasteiger partial charge in [0, 0.05) is 12.6 Å². The summed E-state index contributed by atoms with van der Waals surface area (Å²) in [5.74, 6) is -0.327. The normalized spacial score (nSPS) is 27.8. The summed E-state index contributed by atoms with van der Waals surface area (Å²) in [5.41, 5.74) is -0.714. The minimum absolute atomic E-state index is 0.321. The molecule has 0 aromatic heterocycles. The Morgan fingerprint density at radius 2 is 2.05 bits per heavy atom. The molecule has 2 unspecified atom stereocenters. The molecule has 0 aromatic rings. The molecule has 4 heteroatoms. The lowest BCUT2D eigenvalue weighted by Crippen LogP contribution is -2.62. The quantitative estimate of drug-likeness (QED) is 0.753. The van der Waals surface area contributed by atoms with Gasteiger partial charge in [-0.05, 0) is 58.0 Å². The van der Waals surface area contributed by atoms with Crippen molar-refractivity contribution in [3.8, 4) is 0 Å². The van der Waals surface area contributed by atoms with Crippen molar-refractivity contribution in [3.05, 3.63) is 0 Å². The molecule has 0 spiro atoms. The molecular formula is C16H30N2O2. The maximum absolute atomic E-state index is 12.0. The molecule has 1 heterocycles. The first kappa shape index (κ1) is 15.8. The van der Waals surface area contributed by atoms with Crippen molar-refractivity contribution < 1.29 is 9.90 Å². The van der Waals surface area contributed by atoms with Crippen LogP contribution < -0.4 is 5.32 Å². The first-order valence-electron chi connectivity index (χ1n) is 8.32. The summed E-state index contributed by atoms with van der Waals surface area (Å²) in [4.78, 5) is 14.4. The van der Waals surface area contributed by atoms with Crippen LogP contribution in [-0.2, 0) is 4.79 Å². The van der Waals surface area contributed by atoms with E-state index in [9.17, 15) is 9.90 Å². The number of carbonyl (C=O) groups is 1. The van der Waals surface area contributed by atoms with E-state index in [2.05, 4.69) is 24.1 Å². The molecule has 4 nitrogen and oxygen atoms in total. The number of hydrogen-bond acceptors (Lipinski definition) is 3. The van der Waals surface area contributed by atoms with E-state index in [1.807, 2.05) is 0 Å². The molecule has 2 aliphatic rings. The summed E-state index contributed by atoms with van der Waals surface area (Å²) in [6.07, 6.45) is 8.08. The Balaban J connectivity index is 2.10. The van der Waals surface area contributed by atoms with Crippen molar-refractivity contribution in [1.82, 2.24) is 10.2 Å². The number of likely N-dealkylation sites (tertiary alicyclic amines) is 1. The van der Waals surface area contributed by atoms with Crippen molar-refractivity contribution in [2.24, 2.45) is 5.92 Å². The highest BCUT2D eigenvalue weighted by Gasteiger charge is 2.52. The predicted octanol–water partition coefficient (Wildman–Crippen LogP) is 2.48. The maximum Gasteiger partial charge on any atom is 0.325 e. The Kier molecular flexibility index (Phi) is 5.44. The van der Waals surface area contributed by atoms with Gasteiger partial charge >= 0.3 is 5.97 Å². The summed E-state index contributed by atoms with van der Waals surface area (Å²) >= 11 is 0. The standard InChI is InChI=1S/C16H30N2O2/c1-3-10-17-16(15(19)20,14-8-9-14)12-18-11-6-4-5-7-13(18)2/h13-14,17H,3-12H2,1-2H3,(H,19,20). The van der Waals surface area contributed by atoms with Gasteiger partial charge < -0.3 is 10.4 Å². The van der Waals surface area contributed by atoms with Crippen molar-refractivity contribution >= 4 is 5.97 Å². The van der Waals surface area contributed by atoms with Gasteiger partial charge in [-0.2, -0.15) is 0 Å². The molecule has 1 aliphatic carbocycles. The number of hydrogen-bond donors (Lipinski definition) is 2. The van der Waals surface area contributed by atoms with E-state index in [0.29, 0.717) is 18.5 Å². The Morgan fingerprint density at radius 1 is 1.30 bits per heavy atom. The van der Waals surface area contributed by atoms with Gasteiger partial charge in [-0.3, -0.25) is 9.69 Å². The van der Waals surface area contributed by atoms with E-state index in [-0.39, 0.29) is 0 Å². The molecule has 2 rings (SSSR count). The summed E-state index contributed by atoms with van der Waals surface area (Å²) < 4.78 is 0. The fourth-order valence-corrected chi connectivity index (χ4v) is 3.46. The van der Waals surface area contributed by atoms with Crippen LogP contribution in [0.2, 0.25) is 0 Å². The zero-order chi connectivity index (χ0) is 14.6. The molecule has 2 fully saturated rings. The average molecular weight is 282 g/mol. The van der Waals surface area contributed by atoms with Gasteiger partial charge in [-0.1, -0.05) is 19.8 Å². The number of rotatable bonds is 7. The van der Waals surface area contributed by atoms with Gasteiger partial charge in [0.05, 0.1) is 0 Å². The monoisotopic (exact) mass is 282 g/mol. The molecule has 0 aromatic carbocycles. The van der Waals surface area contributed by atoms with Crippen molar-refractivity contribution in [1.29, 1.82) is 0 Å². The fourth-order valence-electron chi connectivity index (χ4n) is 3.46. The summed E-state index contributed by atoms with van der Waals surface area (Å²) in [7, 11) is 0. The van der Waals surface area contributed by atoms with Gasteiger partial charge in [-0.15, -0.1) is 0 Å². The molecule has 0 radical (unpaired) electrons. The molecule has 1 saturated carbocycles. The largest absolute Gasteiger partial charge is 0.480 e. The maximum atomic E-state index is 12.0. The SMILES string of the molecule is CCCNC(CN1CCCCCC1C)(C(=O)O)C1CC1. The number of nitrogens with zero attached hydrogens (tertiary/aromatic N) is 1. The van der Waals surface area contributed by atoms with Gasteiger partial charge in [0.15, 0.2) is 0 Å². The van der Waals surface area contributed by atoms with E-state index in [0.717, 1.165) is 32.4 Å². The van der Waals surface area contributed by atoms with Crippen LogP contribution in [0.4, 0.5) is 0 Å². The van der Waals surface area contributed by atoms with Crippen LogP contribution in [-0.4, -0.2) is 47.2 Å². The number of carboxylic acids is 1. The van der Waals surface area contributed by atoms with Crippen LogP contribution in [0.3, 0.4) is 0 Å². The second-order valence-corrected chi connectivity index (χ2v) is 6.65. The molecule has 1 aliphatic heterocycles. The van der Waals surface area contributed by atoms with E-state index >= 15 is 0 Å². The van der Waals surface area contributed by atoms with E-state index < -0.39 is 11.5 Å². The molecule has 20 heavy (non-hydrogen) atoms. The highest BCUT2D eigenvalue weighted by Crippen LogP contribution is 2.41. The third-order valence-corrected chi connectivity index (χ3v) is 4.99. The predicted molar refractivity (Wildman–Crippen MR) is 80.9 cm³/mol. The highest BCUT2D eigenvalue weighted by atomic mass is 16.4. The molecule has 2 N–H and O–H groups in total. The van der Waals surface area contributed by atoms with Crippen molar-refractivity contribution in [3.63, 3.8) is 0 Å². The fraction of sp³-hybridized carbons (Fsp3) is 0.938. The summed E-state index contributed by atoms with van der Waals surface area (Å²) in [5, 5.41) is 13.3. The van der Waals surface area contributed by atoms with Crippen molar-refractivity contribution in [2.75, 3.05) is 19.6 Å². The van der Waals surface area contributed by atoms with Gasteiger partial charge in [0.1, 0.15) is 5.54 Å². The number of nitrogens with one attached hydrogen (secondary N) is 1. The Bertz CT molecular complexity index is 330. The Morgan fingerprint density at radius 3 is 2.65 bits per heavy atom. The van der Waals surface area contributed by atoms with Crippen LogP contribution in [0.25, 0.3) is 0 Å². The average Bonchev–Trinajstić information content (AvgIpc) is 3.24. The zero-order valence-corrected chi connectivity index (χ0v) is 13.0. The van der Waals surface area contributed by atoms with Crippen LogP contribution in [0.5, 0.6) is 0 Å². The lowest BCUT2D eigenvalue weighted by atomic mass is 9.91. The zero-order valence-electron chi connectivity index (χ0n) is 13.0. The van der Waals surface area contributed by atoms with Gasteiger partial charge in [0.25, 0.3) is 0 Å². The van der Waals surface area contributed by atoms with Crippen molar-refractivity contribution in [2.45, 2.75) is 70.4 Å². The van der Waals surface area contributed by atoms with E-state index in [4.69, 9.17) is 0 Å². The molecular weight excluding hydrogens is 252 g/mol. The van der Waals surface area contributed by atoms with Crippen LogP contribution in [0.1, 0.15) is 58.8 Å². The van der Waals surface area contributed by atoms with Gasteiger partial charge in [0.2, 0.25) is 0 Å². The number of carboxylic acid groups (broad SMARTS) is 1. The molecule has 1 saturated heterocycles. The van der Waals surface area contributed by atoms with Crippen LogP contribution in [0, 0.1) is 5.92 Å². The smallest absolute Gasteiger partial charge is 0.325 e. The second kappa shape index (κ2) is 6.90. The van der Waals surface area contributed by atoms with E-state index in [1.165, 1.54) is 25.7 Å². The molecule has 2 atom stereocenters. The summed E-state index contributed by atoms with van der Waals surface area (Å²) in [6, 6.07) is 0.512. The Labute approximate surface area is 122 Å². The van der Waals surface area contributed by atoms with Crippen LogP contribution in [0.15, 0.2) is 0 Å². The molecule has 0 bridgehead atoms. The van der Waals surface area contributed by atoms with Gasteiger partial charge in [-0.25, -0.2) is 0 Å². The topological polar surface area (TPSA) is 52.6 Å². The third kappa shape index (κ3) is 3.53. The lowest BCUT2D eigenvalue weighted by molar-refractivity contribution is -0.147. The first-order chi connectivity index (χ1) is 9.60. The lowest BCUT2D eigenvalue weighted by Gasteiger charge is -2.38. The summed E-state index contributed by atoms with van der Waals surface area (Å²) in [6.45, 7) is 6.88. The first-order valence-corrected chi connectivity index (χ1v) is 8.32. The second-order valence-electron chi connectivity index (χ2n) is 6.65. The minimum Gasteiger partial charge on any atom is -0.480 e. The Hall–Kier alpha value is -0.610. The highest BCUT2D eigenvalue weighted by molar-refractivity contribution is 5.80. The minimum atomic E-state index is -0.714. The molecule has 0 amide bonds. The number of aliphatic carboxylic acids is 1. The third-order valence-electron chi connectivity index (χ3n) is 4.99. The van der Waals surface area contributed by atoms with Crippen LogP contribution >= 0.6 is 0 Å². The molecule has 116 valence electrons.